The number of rotatable bonds is 2. The van der Waals surface area contributed by atoms with Gasteiger partial charge in [-0.05, 0) is 67.9 Å². The van der Waals surface area contributed by atoms with E-state index in [1.54, 1.807) is 0 Å². The minimum absolute atomic E-state index is 0.184. The zero-order valence-corrected chi connectivity index (χ0v) is 13.3. The van der Waals surface area contributed by atoms with Crippen LogP contribution in [0.5, 0.6) is 0 Å². The van der Waals surface area contributed by atoms with E-state index in [1.165, 1.54) is 36.0 Å². The number of allylic oxidation sites excluding steroid dienone is 4. The van der Waals surface area contributed by atoms with Crippen molar-refractivity contribution in [3.63, 3.8) is 0 Å². The molecule has 0 saturated heterocycles. The first-order valence-electron chi connectivity index (χ1n) is 8.42. The van der Waals surface area contributed by atoms with Gasteiger partial charge >= 0.3 is 0 Å². The van der Waals surface area contributed by atoms with Crippen LogP contribution >= 0.6 is 0 Å². The van der Waals surface area contributed by atoms with Crippen molar-refractivity contribution < 1.29 is 10.2 Å². The van der Waals surface area contributed by atoms with Gasteiger partial charge in [0.05, 0.1) is 12.2 Å². The average molecular weight is 288 g/mol. The summed E-state index contributed by atoms with van der Waals surface area (Å²) >= 11 is 0. The summed E-state index contributed by atoms with van der Waals surface area (Å²) in [5.41, 5.74) is 4.29. The smallest absolute Gasteiger partial charge is 0.0732 e. The Morgan fingerprint density at radius 2 is 2.05 bits per heavy atom. The fourth-order valence-corrected chi connectivity index (χ4v) is 4.57. The maximum Gasteiger partial charge on any atom is 0.0732 e. The van der Waals surface area contributed by atoms with Crippen LogP contribution in [0.4, 0.5) is 0 Å². The molecular formula is C19H28O2. The predicted octanol–water partition coefficient (Wildman–Crippen LogP) is 3.90. The molecule has 1 saturated carbocycles. The van der Waals surface area contributed by atoms with Gasteiger partial charge < -0.3 is 10.2 Å². The second-order valence-electron chi connectivity index (χ2n) is 7.57. The molecule has 0 aromatic heterocycles. The third-order valence-corrected chi connectivity index (χ3v) is 5.88. The van der Waals surface area contributed by atoms with Crippen molar-refractivity contribution >= 4 is 0 Å². The Kier molecular flexibility index (Phi) is 4.11. The van der Waals surface area contributed by atoms with Crippen molar-refractivity contribution in [2.24, 2.45) is 11.3 Å². The molecule has 3 rings (SSSR count). The first-order valence-corrected chi connectivity index (χ1v) is 8.42. The van der Waals surface area contributed by atoms with E-state index in [0.717, 1.165) is 25.7 Å². The molecule has 0 amide bonds. The lowest BCUT2D eigenvalue weighted by molar-refractivity contribution is 0.108. The topological polar surface area (TPSA) is 40.5 Å². The molecular weight excluding hydrogens is 260 g/mol. The second kappa shape index (κ2) is 5.73. The summed E-state index contributed by atoms with van der Waals surface area (Å²) in [7, 11) is 0. The molecule has 3 aliphatic rings. The lowest BCUT2D eigenvalue weighted by Crippen LogP contribution is -2.32. The molecule has 116 valence electrons. The molecule has 1 fully saturated rings. The Balaban J connectivity index is 1.81. The van der Waals surface area contributed by atoms with Crippen LogP contribution in [0.3, 0.4) is 0 Å². The van der Waals surface area contributed by atoms with E-state index in [4.69, 9.17) is 0 Å². The summed E-state index contributed by atoms with van der Waals surface area (Å²) in [4.78, 5) is 0. The Hall–Kier alpha value is -0.860. The monoisotopic (exact) mass is 288 g/mol. The van der Waals surface area contributed by atoms with E-state index in [0.29, 0.717) is 5.92 Å². The van der Waals surface area contributed by atoms with E-state index in [9.17, 15) is 10.2 Å². The zero-order chi connectivity index (χ0) is 15.0. The highest BCUT2D eigenvalue weighted by molar-refractivity contribution is 5.36. The molecule has 0 bridgehead atoms. The maximum atomic E-state index is 10.2. The van der Waals surface area contributed by atoms with E-state index < -0.39 is 0 Å². The Morgan fingerprint density at radius 1 is 1.24 bits per heavy atom. The quantitative estimate of drug-likeness (QED) is 0.809. The Labute approximate surface area is 128 Å². The van der Waals surface area contributed by atoms with Gasteiger partial charge in [-0.1, -0.05) is 37.1 Å². The van der Waals surface area contributed by atoms with Crippen LogP contribution in [0.25, 0.3) is 0 Å². The molecule has 0 aromatic rings. The first-order chi connectivity index (χ1) is 9.98. The van der Waals surface area contributed by atoms with E-state index in [2.05, 4.69) is 32.1 Å². The van der Waals surface area contributed by atoms with E-state index >= 15 is 0 Å². The summed E-state index contributed by atoms with van der Waals surface area (Å²) in [6, 6.07) is 0. The summed E-state index contributed by atoms with van der Waals surface area (Å²) in [6.45, 7) is 4.51. The van der Waals surface area contributed by atoms with Gasteiger partial charge in [0, 0.05) is 0 Å². The van der Waals surface area contributed by atoms with E-state index in [1.807, 2.05) is 0 Å². The third kappa shape index (κ3) is 3.02. The average Bonchev–Trinajstić information content (AvgIpc) is 2.80. The van der Waals surface area contributed by atoms with Gasteiger partial charge in [-0.3, -0.25) is 0 Å². The van der Waals surface area contributed by atoms with Gasteiger partial charge in [0.15, 0.2) is 0 Å². The molecule has 21 heavy (non-hydrogen) atoms. The van der Waals surface area contributed by atoms with Crippen molar-refractivity contribution in [1.82, 2.24) is 0 Å². The van der Waals surface area contributed by atoms with Crippen LogP contribution in [0, 0.1) is 11.3 Å². The maximum absolute atomic E-state index is 10.2. The highest BCUT2D eigenvalue weighted by Gasteiger charge is 2.43. The highest BCUT2D eigenvalue weighted by Crippen LogP contribution is 2.52. The van der Waals surface area contributed by atoms with Crippen LogP contribution in [0.2, 0.25) is 0 Å². The number of hydrogen-bond acceptors (Lipinski definition) is 2. The van der Waals surface area contributed by atoms with Gasteiger partial charge in [-0.2, -0.15) is 0 Å². The zero-order valence-electron chi connectivity index (χ0n) is 13.3. The van der Waals surface area contributed by atoms with Gasteiger partial charge in [-0.25, -0.2) is 0 Å². The molecule has 0 heterocycles. The fourth-order valence-electron chi connectivity index (χ4n) is 4.57. The van der Waals surface area contributed by atoms with Crippen LogP contribution < -0.4 is 0 Å². The van der Waals surface area contributed by atoms with Gasteiger partial charge in [0.25, 0.3) is 0 Å². The van der Waals surface area contributed by atoms with Gasteiger partial charge in [0.2, 0.25) is 0 Å². The normalized spacial score (nSPS) is 40.6. The first kappa shape index (κ1) is 15.1. The molecule has 2 N–H and O–H groups in total. The molecule has 0 aromatic carbocycles. The van der Waals surface area contributed by atoms with Crippen LogP contribution in [-0.4, -0.2) is 22.4 Å². The molecule has 0 aliphatic heterocycles. The fraction of sp³-hybridized carbons (Fsp3) is 0.684. The van der Waals surface area contributed by atoms with Gasteiger partial charge in [-0.15, -0.1) is 0 Å². The minimum atomic E-state index is -0.295. The van der Waals surface area contributed by atoms with Crippen LogP contribution in [0.1, 0.15) is 58.8 Å². The Morgan fingerprint density at radius 3 is 2.86 bits per heavy atom. The molecule has 4 atom stereocenters. The molecule has 0 radical (unpaired) electrons. The van der Waals surface area contributed by atoms with Crippen LogP contribution in [0.15, 0.2) is 34.9 Å². The largest absolute Gasteiger partial charge is 0.393 e. The summed E-state index contributed by atoms with van der Waals surface area (Å²) in [5.74, 6) is 0.603. The van der Waals surface area contributed by atoms with Crippen LogP contribution in [-0.2, 0) is 0 Å². The number of aliphatic hydroxyl groups is 2. The standard InChI is InChI=1S/C19H28O2/c1-13-5-8-16(20)10-14(13)6-7-15-11-17(21)12-19(2)9-3-4-18(15)19/h6-7,11,16-18,20-21H,3-5,8-10,12H2,1-2H3/t16-,17+,18-,19-/m0/s1. The number of hydrogen-bond donors (Lipinski definition) is 2. The van der Waals surface area contributed by atoms with Crippen molar-refractivity contribution in [2.75, 3.05) is 0 Å². The summed E-state index contributed by atoms with van der Waals surface area (Å²) in [6.07, 6.45) is 13.3. The van der Waals surface area contributed by atoms with Crippen molar-refractivity contribution in [2.45, 2.75) is 71.0 Å². The van der Waals surface area contributed by atoms with Crippen molar-refractivity contribution in [3.05, 3.63) is 34.9 Å². The number of aliphatic hydroxyl groups excluding tert-OH is 2. The van der Waals surface area contributed by atoms with E-state index in [-0.39, 0.29) is 17.6 Å². The van der Waals surface area contributed by atoms with Gasteiger partial charge in [0.1, 0.15) is 0 Å². The summed E-state index contributed by atoms with van der Waals surface area (Å²) < 4.78 is 0. The van der Waals surface area contributed by atoms with Crippen molar-refractivity contribution in [1.29, 1.82) is 0 Å². The molecule has 0 unspecified atom stereocenters. The molecule has 0 spiro atoms. The lowest BCUT2D eigenvalue weighted by Gasteiger charge is -2.38. The highest BCUT2D eigenvalue weighted by atomic mass is 16.3. The molecule has 2 nitrogen and oxygen atoms in total. The molecule has 3 aliphatic carbocycles. The third-order valence-electron chi connectivity index (χ3n) is 5.88. The lowest BCUT2D eigenvalue weighted by atomic mass is 9.68. The molecule has 2 heteroatoms. The second-order valence-corrected chi connectivity index (χ2v) is 7.57. The summed E-state index contributed by atoms with van der Waals surface area (Å²) in [5, 5.41) is 20.0. The van der Waals surface area contributed by atoms with Crippen molar-refractivity contribution in [3.8, 4) is 0 Å². The number of fused-ring (bicyclic) bond motifs is 1. The minimum Gasteiger partial charge on any atom is -0.393 e. The Bertz CT molecular complexity index is 500. The predicted molar refractivity (Wildman–Crippen MR) is 85.9 cm³/mol. The SMILES string of the molecule is CC1=C(C=CC2=C[C@@H](O)C[C@]3(C)CCC[C@@H]23)C[C@@H](O)CC1.